The Bertz CT molecular complexity index is 1530. The van der Waals surface area contributed by atoms with E-state index in [9.17, 15) is 9.59 Å². The van der Waals surface area contributed by atoms with Crippen LogP contribution in [0.3, 0.4) is 0 Å². The Balaban J connectivity index is 1.48. The lowest BCUT2D eigenvalue weighted by atomic mass is 10.0. The number of amides is 2. The van der Waals surface area contributed by atoms with Gasteiger partial charge in [0, 0.05) is 0 Å². The van der Waals surface area contributed by atoms with Crippen molar-refractivity contribution in [2.75, 3.05) is 9.80 Å². The Morgan fingerprint density at radius 2 is 1.32 bits per heavy atom. The van der Waals surface area contributed by atoms with Gasteiger partial charge in [0.15, 0.2) is 5.11 Å². The molecule has 4 aromatic rings. The molecule has 1 aliphatic rings. The van der Waals surface area contributed by atoms with Crippen molar-refractivity contribution >= 4 is 46.6 Å². The molecule has 2 amide bonds. The molecule has 6 heteroatoms. The van der Waals surface area contributed by atoms with Gasteiger partial charge in [-0.15, -0.1) is 0 Å². The van der Waals surface area contributed by atoms with E-state index in [2.05, 4.69) is 0 Å². The fraction of sp³-hybridized carbons (Fsp3) is 0.0938. The highest BCUT2D eigenvalue weighted by Crippen LogP contribution is 2.31. The number of hydrogen-bond donors (Lipinski definition) is 0. The lowest BCUT2D eigenvalue weighted by molar-refractivity contribution is -0.120. The molecule has 188 valence electrons. The van der Waals surface area contributed by atoms with Gasteiger partial charge in [0.25, 0.3) is 11.8 Å². The number of thiocarbonyl (C=S) groups is 1. The van der Waals surface area contributed by atoms with E-state index in [1.54, 1.807) is 18.2 Å². The summed E-state index contributed by atoms with van der Waals surface area (Å²) in [6.45, 7) is 4.44. The normalized spacial score (nSPS) is 14.8. The predicted molar refractivity (Wildman–Crippen MR) is 155 cm³/mol. The summed E-state index contributed by atoms with van der Waals surface area (Å²) in [6, 6.07) is 32.1. The van der Waals surface area contributed by atoms with Gasteiger partial charge in [0.05, 0.1) is 11.4 Å². The van der Waals surface area contributed by atoms with E-state index in [0.717, 1.165) is 16.7 Å². The molecule has 0 N–H and O–H groups in total. The predicted octanol–water partition coefficient (Wildman–Crippen LogP) is 6.63. The van der Waals surface area contributed by atoms with Crippen LogP contribution < -0.4 is 14.5 Å². The van der Waals surface area contributed by atoms with Crippen LogP contribution in [0.25, 0.3) is 6.08 Å². The molecule has 0 atom stereocenters. The van der Waals surface area contributed by atoms with Crippen LogP contribution >= 0.6 is 12.2 Å². The van der Waals surface area contributed by atoms with Gasteiger partial charge in [-0.3, -0.25) is 19.4 Å². The number of carbonyl (C=O) groups is 2. The van der Waals surface area contributed by atoms with Crippen LogP contribution in [-0.4, -0.2) is 16.9 Å². The fourth-order valence-corrected chi connectivity index (χ4v) is 4.57. The zero-order valence-corrected chi connectivity index (χ0v) is 21.9. The molecule has 1 heterocycles. The molecule has 0 bridgehead atoms. The number of aryl methyl sites for hydroxylation is 2. The average molecular weight is 519 g/mol. The highest BCUT2D eigenvalue weighted by atomic mass is 32.1. The molecule has 5 rings (SSSR count). The minimum absolute atomic E-state index is 0.0265. The second-order valence-corrected chi connectivity index (χ2v) is 9.43. The average Bonchev–Trinajstić information content (AvgIpc) is 2.94. The fourth-order valence-electron chi connectivity index (χ4n) is 4.19. The van der Waals surface area contributed by atoms with Crippen LogP contribution in [0.15, 0.2) is 109 Å². The van der Waals surface area contributed by atoms with Crippen molar-refractivity contribution < 1.29 is 14.3 Å². The van der Waals surface area contributed by atoms with Crippen LogP contribution in [0, 0.1) is 13.8 Å². The van der Waals surface area contributed by atoms with Crippen molar-refractivity contribution in [1.29, 1.82) is 0 Å². The zero-order chi connectivity index (χ0) is 26.6. The van der Waals surface area contributed by atoms with E-state index >= 15 is 0 Å². The van der Waals surface area contributed by atoms with Gasteiger partial charge in [-0.25, -0.2) is 0 Å². The molecule has 38 heavy (non-hydrogen) atoms. The number of anilines is 2. The monoisotopic (exact) mass is 518 g/mol. The van der Waals surface area contributed by atoms with Gasteiger partial charge in [-0.05, 0) is 90.8 Å². The number of benzene rings is 4. The van der Waals surface area contributed by atoms with E-state index < -0.39 is 11.8 Å². The molecule has 1 fully saturated rings. The van der Waals surface area contributed by atoms with Crippen molar-refractivity contribution in [2.24, 2.45) is 0 Å². The van der Waals surface area contributed by atoms with Crippen LogP contribution in [-0.2, 0) is 16.2 Å². The summed E-state index contributed by atoms with van der Waals surface area (Å²) >= 11 is 5.71. The Morgan fingerprint density at radius 3 is 1.95 bits per heavy atom. The molecule has 0 aromatic heterocycles. The first-order valence-electron chi connectivity index (χ1n) is 12.3. The Kier molecular flexibility index (Phi) is 7.15. The highest BCUT2D eigenvalue weighted by Gasteiger charge is 2.41. The van der Waals surface area contributed by atoms with Crippen molar-refractivity contribution in [3.05, 3.63) is 131 Å². The molecule has 0 aliphatic carbocycles. The first-order valence-corrected chi connectivity index (χ1v) is 12.7. The number of nitrogens with zero attached hydrogens (tertiary/aromatic N) is 2. The molecule has 0 spiro atoms. The van der Waals surface area contributed by atoms with Gasteiger partial charge in [0.1, 0.15) is 17.9 Å². The summed E-state index contributed by atoms with van der Waals surface area (Å²) in [4.78, 5) is 30.3. The van der Waals surface area contributed by atoms with E-state index in [1.165, 1.54) is 9.80 Å². The summed E-state index contributed by atoms with van der Waals surface area (Å²) in [7, 11) is 0. The summed E-state index contributed by atoms with van der Waals surface area (Å²) in [6.07, 6.45) is 1.61. The minimum Gasteiger partial charge on any atom is -0.489 e. The third-order valence-corrected chi connectivity index (χ3v) is 6.82. The van der Waals surface area contributed by atoms with Crippen molar-refractivity contribution in [3.63, 3.8) is 0 Å². The topological polar surface area (TPSA) is 49.9 Å². The van der Waals surface area contributed by atoms with E-state index in [1.807, 2.05) is 105 Å². The van der Waals surface area contributed by atoms with Gasteiger partial charge < -0.3 is 4.74 Å². The first-order chi connectivity index (χ1) is 18.4. The van der Waals surface area contributed by atoms with Crippen molar-refractivity contribution in [1.82, 2.24) is 0 Å². The SMILES string of the molecule is Cc1ccc(N2C(=O)/C(=C/c3ccc(OCc4ccccc4)cc3)C(=O)N(c3ccccc3)C2=S)cc1C. The maximum Gasteiger partial charge on any atom is 0.270 e. The van der Waals surface area contributed by atoms with E-state index in [4.69, 9.17) is 17.0 Å². The highest BCUT2D eigenvalue weighted by molar-refractivity contribution is 7.81. The van der Waals surface area contributed by atoms with E-state index in [0.29, 0.717) is 29.3 Å². The molecule has 1 aliphatic heterocycles. The third kappa shape index (κ3) is 5.12. The molecule has 0 unspecified atom stereocenters. The molecule has 4 aromatic carbocycles. The molecular formula is C32H26N2O3S. The number of ether oxygens (including phenoxy) is 1. The smallest absolute Gasteiger partial charge is 0.270 e. The lowest BCUT2D eigenvalue weighted by Gasteiger charge is -2.36. The van der Waals surface area contributed by atoms with Crippen LogP contribution in [0.1, 0.15) is 22.3 Å². The number of rotatable bonds is 6. The molecule has 1 saturated heterocycles. The zero-order valence-electron chi connectivity index (χ0n) is 21.1. The standard InChI is InChI=1S/C32H26N2O3S/c1-22-13-16-27(19-23(22)2)34-31(36)29(30(35)33(32(34)38)26-11-7-4-8-12-26)20-24-14-17-28(18-15-24)37-21-25-9-5-3-6-10-25/h3-20H,21H2,1-2H3/b29-20+. The Labute approximate surface area is 227 Å². The van der Waals surface area contributed by atoms with Crippen LogP contribution in [0.2, 0.25) is 0 Å². The summed E-state index contributed by atoms with van der Waals surface area (Å²) in [5.41, 5.74) is 5.14. The molecule has 0 radical (unpaired) electrons. The second-order valence-electron chi connectivity index (χ2n) is 9.07. The molecule has 0 saturated carbocycles. The molecule has 5 nitrogen and oxygen atoms in total. The third-order valence-electron chi connectivity index (χ3n) is 6.45. The summed E-state index contributed by atoms with van der Waals surface area (Å²) in [5.74, 6) is -0.225. The number of carbonyl (C=O) groups excluding carboxylic acids is 2. The van der Waals surface area contributed by atoms with Gasteiger partial charge >= 0.3 is 0 Å². The van der Waals surface area contributed by atoms with Crippen molar-refractivity contribution in [2.45, 2.75) is 20.5 Å². The van der Waals surface area contributed by atoms with Crippen molar-refractivity contribution in [3.8, 4) is 5.75 Å². The quantitative estimate of drug-likeness (QED) is 0.163. The number of para-hydroxylation sites is 1. The molecular weight excluding hydrogens is 492 g/mol. The first kappa shape index (κ1) is 25.1. The Morgan fingerprint density at radius 1 is 0.711 bits per heavy atom. The maximum atomic E-state index is 13.7. The maximum absolute atomic E-state index is 13.7. The van der Waals surface area contributed by atoms with Crippen LogP contribution in [0.4, 0.5) is 11.4 Å². The van der Waals surface area contributed by atoms with E-state index in [-0.39, 0.29) is 10.7 Å². The minimum atomic E-state index is -0.462. The van der Waals surface area contributed by atoms with Crippen LogP contribution in [0.5, 0.6) is 5.75 Å². The Hall–Kier alpha value is -4.55. The second kappa shape index (κ2) is 10.8. The largest absolute Gasteiger partial charge is 0.489 e. The summed E-state index contributed by atoms with van der Waals surface area (Å²) in [5, 5.41) is 0.122. The summed E-state index contributed by atoms with van der Waals surface area (Å²) < 4.78 is 5.88. The van der Waals surface area contributed by atoms with Gasteiger partial charge in [-0.1, -0.05) is 66.7 Å². The van der Waals surface area contributed by atoms with Gasteiger partial charge in [-0.2, -0.15) is 0 Å². The van der Waals surface area contributed by atoms with Gasteiger partial charge in [0.2, 0.25) is 0 Å². The number of hydrogen-bond acceptors (Lipinski definition) is 4. The lowest BCUT2D eigenvalue weighted by Crippen LogP contribution is -2.57.